The molecule has 5 rings (SSSR count). The fourth-order valence-corrected chi connectivity index (χ4v) is 5.15. The normalized spacial score (nSPS) is 16.6. The van der Waals surface area contributed by atoms with Crippen molar-refractivity contribution in [3.8, 4) is 11.1 Å². The Balaban J connectivity index is 1.51. The lowest BCUT2D eigenvalue weighted by Gasteiger charge is -2.30. The van der Waals surface area contributed by atoms with Crippen molar-refractivity contribution in [3.63, 3.8) is 0 Å². The molecule has 2 aromatic carbocycles. The lowest BCUT2D eigenvalue weighted by atomic mass is 9.95. The topological polar surface area (TPSA) is 125 Å². The first kappa shape index (κ1) is 29.6. The van der Waals surface area contributed by atoms with Crippen LogP contribution < -0.4 is 5.32 Å². The Morgan fingerprint density at radius 2 is 1.67 bits per heavy atom. The molecule has 0 aliphatic carbocycles. The second-order valence-corrected chi connectivity index (χ2v) is 11.3. The molecule has 224 valence electrons. The summed E-state index contributed by atoms with van der Waals surface area (Å²) >= 11 is 0. The maximum Gasteiger partial charge on any atom is 0.510 e. The molecule has 3 heterocycles. The molecule has 0 radical (unpaired) electrons. The number of nitrogens with one attached hydrogen (secondary N) is 1. The van der Waals surface area contributed by atoms with Gasteiger partial charge >= 0.3 is 12.2 Å². The maximum atomic E-state index is 13.4. The van der Waals surface area contributed by atoms with E-state index in [1.807, 2.05) is 92.2 Å². The van der Waals surface area contributed by atoms with Gasteiger partial charge < -0.3 is 23.7 Å². The van der Waals surface area contributed by atoms with Crippen LogP contribution in [0.2, 0.25) is 0 Å². The third-order valence-corrected chi connectivity index (χ3v) is 7.15. The lowest BCUT2D eigenvalue weighted by Crippen LogP contribution is -2.44. The molecular weight excluding hydrogens is 550 g/mol. The minimum absolute atomic E-state index is 0.106. The number of anilines is 1. The molecule has 2 aromatic heterocycles. The summed E-state index contributed by atoms with van der Waals surface area (Å²) in [6.45, 7) is 7.71. The summed E-state index contributed by atoms with van der Waals surface area (Å²) in [5.41, 5.74) is 2.40. The molecule has 0 bridgehead atoms. The Morgan fingerprint density at radius 3 is 2.35 bits per heavy atom. The number of hydrogen-bond donors (Lipinski definition) is 1. The quantitative estimate of drug-likeness (QED) is 0.256. The zero-order valence-corrected chi connectivity index (χ0v) is 24.6. The zero-order chi connectivity index (χ0) is 30.6. The smallest absolute Gasteiger partial charge is 0.444 e. The predicted octanol–water partition coefficient (Wildman–Crippen LogP) is 6.17. The fraction of sp³-hybridized carbons (Fsp3) is 0.344. The summed E-state index contributed by atoms with van der Waals surface area (Å²) in [6, 6.07) is 18.8. The van der Waals surface area contributed by atoms with Crippen molar-refractivity contribution in [3.05, 3.63) is 78.8 Å². The van der Waals surface area contributed by atoms with E-state index >= 15 is 0 Å². The van der Waals surface area contributed by atoms with Crippen LogP contribution in [0, 0.1) is 5.41 Å². The van der Waals surface area contributed by atoms with Gasteiger partial charge in [-0.05, 0) is 18.1 Å². The van der Waals surface area contributed by atoms with E-state index in [4.69, 9.17) is 14.2 Å². The minimum atomic E-state index is -0.829. The lowest BCUT2D eigenvalue weighted by molar-refractivity contribution is -0.147. The van der Waals surface area contributed by atoms with Gasteiger partial charge in [0.15, 0.2) is 6.23 Å². The Labute approximate surface area is 249 Å². The Bertz CT molecular complexity index is 1600. The molecule has 11 heteroatoms. The van der Waals surface area contributed by atoms with E-state index in [2.05, 4.69) is 15.3 Å². The van der Waals surface area contributed by atoms with Gasteiger partial charge in [0.2, 0.25) is 5.91 Å². The van der Waals surface area contributed by atoms with E-state index in [0.717, 1.165) is 16.7 Å². The van der Waals surface area contributed by atoms with Crippen molar-refractivity contribution >= 4 is 35.0 Å². The van der Waals surface area contributed by atoms with Gasteiger partial charge in [0, 0.05) is 30.1 Å². The highest BCUT2D eigenvalue weighted by molar-refractivity contribution is 6.05. The standard InChI is InChI=1S/C32H35N5O6/c1-5-41-31(40)43-25-16-23(17-37(25)29(38)32(2,3)4)36-18-24(22-14-10-7-11-15-22)26-27(33-20-34-28(26)36)35-30(39)42-19-21-12-8-6-9-13-21/h6-15,18,20,23,25H,5,16-17,19H2,1-4H3,(H,33,34,35,39)/t23-,25+/m0/s1. The van der Waals surface area contributed by atoms with Gasteiger partial charge in [0.05, 0.1) is 18.0 Å². The molecule has 11 nitrogen and oxygen atoms in total. The number of hydrogen-bond acceptors (Lipinski definition) is 8. The molecule has 0 spiro atoms. The van der Waals surface area contributed by atoms with Gasteiger partial charge in [-0.25, -0.2) is 19.6 Å². The highest BCUT2D eigenvalue weighted by Crippen LogP contribution is 2.39. The predicted molar refractivity (Wildman–Crippen MR) is 160 cm³/mol. The Morgan fingerprint density at radius 1 is 0.977 bits per heavy atom. The van der Waals surface area contributed by atoms with Crippen LogP contribution in [0.5, 0.6) is 0 Å². The molecule has 43 heavy (non-hydrogen) atoms. The van der Waals surface area contributed by atoms with Crippen molar-refractivity contribution in [1.29, 1.82) is 0 Å². The molecule has 4 aromatic rings. The summed E-state index contributed by atoms with van der Waals surface area (Å²) < 4.78 is 18.0. The largest absolute Gasteiger partial charge is 0.510 e. The molecule has 1 fully saturated rings. The summed E-state index contributed by atoms with van der Waals surface area (Å²) in [5.74, 6) is 0.141. The van der Waals surface area contributed by atoms with Crippen LogP contribution in [0.4, 0.5) is 15.4 Å². The number of amides is 2. The second kappa shape index (κ2) is 12.5. The molecule has 1 aliphatic rings. The highest BCUT2D eigenvalue weighted by Gasteiger charge is 2.43. The van der Waals surface area contributed by atoms with E-state index in [1.54, 1.807) is 11.8 Å². The number of carbonyl (C=O) groups excluding carboxylic acids is 3. The summed E-state index contributed by atoms with van der Waals surface area (Å²) in [4.78, 5) is 49.1. The highest BCUT2D eigenvalue weighted by atomic mass is 16.7. The van der Waals surface area contributed by atoms with E-state index in [-0.39, 0.29) is 31.7 Å². The number of fused-ring (bicyclic) bond motifs is 1. The fourth-order valence-electron chi connectivity index (χ4n) is 5.15. The summed E-state index contributed by atoms with van der Waals surface area (Å²) in [5, 5.41) is 3.41. The van der Waals surface area contributed by atoms with Crippen molar-refractivity contribution < 1.29 is 28.6 Å². The average Bonchev–Trinajstić information content (AvgIpc) is 3.58. The SMILES string of the molecule is CCOC(=O)O[C@@H]1C[C@H](n2cc(-c3ccccc3)c3c(NC(=O)OCc4ccccc4)ncnc32)CN1C(=O)C(C)(C)C. The average molecular weight is 586 g/mol. The van der Waals surface area contributed by atoms with Crippen LogP contribution in [0.3, 0.4) is 0 Å². The number of ether oxygens (including phenoxy) is 3. The molecule has 1 N–H and O–H groups in total. The van der Waals surface area contributed by atoms with E-state index < -0.39 is 23.9 Å². The van der Waals surface area contributed by atoms with Crippen LogP contribution in [0.25, 0.3) is 22.2 Å². The minimum Gasteiger partial charge on any atom is -0.444 e. The van der Waals surface area contributed by atoms with Gasteiger partial charge in [-0.1, -0.05) is 81.4 Å². The molecule has 0 saturated carbocycles. The molecule has 2 amide bonds. The Hall–Kier alpha value is -4.93. The zero-order valence-electron chi connectivity index (χ0n) is 24.6. The first-order chi connectivity index (χ1) is 20.7. The first-order valence-electron chi connectivity index (χ1n) is 14.2. The number of rotatable bonds is 7. The van der Waals surface area contributed by atoms with Gasteiger partial charge in [0.25, 0.3) is 0 Å². The third-order valence-electron chi connectivity index (χ3n) is 7.15. The van der Waals surface area contributed by atoms with Crippen LogP contribution in [-0.2, 0) is 25.6 Å². The molecule has 1 aliphatic heterocycles. The number of nitrogens with zero attached hydrogens (tertiary/aromatic N) is 4. The van der Waals surface area contributed by atoms with E-state index in [0.29, 0.717) is 23.3 Å². The summed E-state index contributed by atoms with van der Waals surface area (Å²) in [7, 11) is 0. The van der Waals surface area contributed by atoms with Crippen molar-refractivity contribution in [2.45, 2.75) is 53.0 Å². The monoisotopic (exact) mass is 585 g/mol. The van der Waals surface area contributed by atoms with Gasteiger partial charge in [0.1, 0.15) is 24.4 Å². The van der Waals surface area contributed by atoms with Gasteiger partial charge in [-0.15, -0.1) is 0 Å². The molecular formula is C32H35N5O6. The first-order valence-corrected chi connectivity index (χ1v) is 14.2. The van der Waals surface area contributed by atoms with Crippen LogP contribution in [-0.4, -0.2) is 57.0 Å². The second-order valence-electron chi connectivity index (χ2n) is 11.3. The molecule has 2 atom stereocenters. The summed E-state index contributed by atoms with van der Waals surface area (Å²) in [6.07, 6.45) is 1.34. The van der Waals surface area contributed by atoms with Crippen LogP contribution >= 0.6 is 0 Å². The number of benzene rings is 2. The number of aromatic nitrogens is 3. The van der Waals surface area contributed by atoms with Crippen molar-refractivity contribution in [2.24, 2.45) is 5.41 Å². The number of carbonyl (C=O) groups is 3. The number of likely N-dealkylation sites (tertiary alicyclic amines) is 1. The van der Waals surface area contributed by atoms with Crippen LogP contribution in [0.15, 0.2) is 73.2 Å². The molecule has 0 unspecified atom stereocenters. The van der Waals surface area contributed by atoms with Crippen LogP contribution in [0.1, 0.15) is 45.7 Å². The van der Waals surface area contributed by atoms with Crippen molar-refractivity contribution in [2.75, 3.05) is 18.5 Å². The van der Waals surface area contributed by atoms with E-state index in [1.165, 1.54) is 6.33 Å². The van der Waals surface area contributed by atoms with Gasteiger partial charge in [-0.3, -0.25) is 10.1 Å². The molecule has 1 saturated heterocycles. The van der Waals surface area contributed by atoms with Crippen molar-refractivity contribution in [1.82, 2.24) is 19.4 Å². The third kappa shape index (κ3) is 6.61. The van der Waals surface area contributed by atoms with E-state index in [9.17, 15) is 14.4 Å². The van der Waals surface area contributed by atoms with Gasteiger partial charge in [-0.2, -0.15) is 0 Å². The Kier molecular flexibility index (Phi) is 8.61. The maximum absolute atomic E-state index is 13.4.